The minimum atomic E-state index is -3.24. The lowest BCUT2D eigenvalue weighted by Gasteiger charge is -2.11. The second-order valence-electron chi connectivity index (χ2n) is 4.74. The number of benzene rings is 1. The number of ether oxygens (including phenoxy) is 1. The van der Waals surface area contributed by atoms with E-state index in [1.54, 1.807) is 19.1 Å². The van der Waals surface area contributed by atoms with Crippen molar-refractivity contribution < 1.29 is 13.2 Å². The van der Waals surface area contributed by atoms with Gasteiger partial charge in [0.2, 0.25) is 5.88 Å². The maximum atomic E-state index is 11.4. The Morgan fingerprint density at radius 1 is 1.35 bits per heavy atom. The Hall–Kier alpha value is -2.79. The molecular weight excluding hydrogens is 316 g/mol. The van der Waals surface area contributed by atoms with E-state index in [-0.39, 0.29) is 22.0 Å². The molecule has 0 radical (unpaired) electrons. The Bertz CT molecular complexity index is 856. The Morgan fingerprint density at radius 3 is 2.52 bits per heavy atom. The molecule has 1 aromatic heterocycles. The average molecular weight is 332 g/mol. The molecule has 120 valence electrons. The van der Waals surface area contributed by atoms with Crippen molar-refractivity contribution in [3.05, 3.63) is 35.9 Å². The van der Waals surface area contributed by atoms with E-state index < -0.39 is 9.84 Å². The van der Waals surface area contributed by atoms with Gasteiger partial charge in [-0.05, 0) is 31.2 Å². The van der Waals surface area contributed by atoms with Gasteiger partial charge in [0.25, 0.3) is 0 Å². The monoisotopic (exact) mass is 332 g/mol. The summed E-state index contributed by atoms with van der Waals surface area (Å²) in [6, 6.07) is 9.70. The molecular formula is C15H16N4O3S. The fourth-order valence-electron chi connectivity index (χ4n) is 1.89. The highest BCUT2D eigenvalue weighted by molar-refractivity contribution is 7.90. The van der Waals surface area contributed by atoms with Crippen LogP contribution >= 0.6 is 0 Å². The van der Waals surface area contributed by atoms with Gasteiger partial charge in [-0.2, -0.15) is 10.2 Å². The summed E-state index contributed by atoms with van der Waals surface area (Å²) >= 11 is 0. The molecule has 7 nitrogen and oxygen atoms in total. The van der Waals surface area contributed by atoms with Crippen molar-refractivity contribution >= 4 is 27.0 Å². The summed E-state index contributed by atoms with van der Waals surface area (Å²) in [5.74, 6) is 0.558. The fourth-order valence-corrected chi connectivity index (χ4v) is 2.52. The number of sulfone groups is 1. The van der Waals surface area contributed by atoms with Gasteiger partial charge in [0.05, 0.1) is 17.2 Å². The first kappa shape index (κ1) is 16.6. The van der Waals surface area contributed by atoms with Crippen LogP contribution in [0.3, 0.4) is 0 Å². The topological polar surface area (TPSA) is 118 Å². The lowest BCUT2D eigenvalue weighted by molar-refractivity contribution is 0.326. The quantitative estimate of drug-likeness (QED) is 0.860. The summed E-state index contributed by atoms with van der Waals surface area (Å²) in [4.78, 5) is 4.43. The van der Waals surface area contributed by atoms with Crippen LogP contribution in [0.25, 0.3) is 0 Å². The maximum Gasteiger partial charge on any atom is 0.235 e. The molecule has 2 aromatic rings. The summed E-state index contributed by atoms with van der Waals surface area (Å²) in [5, 5.41) is 12.1. The molecule has 0 unspecified atom stereocenters. The summed E-state index contributed by atoms with van der Waals surface area (Å²) in [6.07, 6.45) is 1.15. The molecule has 0 aliphatic heterocycles. The van der Waals surface area contributed by atoms with Gasteiger partial charge >= 0.3 is 0 Å². The number of anilines is 3. The molecule has 1 heterocycles. The number of rotatable bonds is 5. The van der Waals surface area contributed by atoms with Gasteiger partial charge in [0.15, 0.2) is 9.84 Å². The molecule has 23 heavy (non-hydrogen) atoms. The highest BCUT2D eigenvalue weighted by Crippen LogP contribution is 2.27. The number of aromatic nitrogens is 1. The third-order valence-corrected chi connectivity index (χ3v) is 4.09. The van der Waals surface area contributed by atoms with E-state index in [2.05, 4.69) is 10.3 Å². The molecule has 0 saturated heterocycles. The molecule has 0 atom stereocenters. The molecule has 3 N–H and O–H groups in total. The Morgan fingerprint density at radius 2 is 2.00 bits per heavy atom. The summed E-state index contributed by atoms with van der Waals surface area (Å²) < 4.78 is 28.2. The minimum absolute atomic E-state index is 0.158. The number of nitriles is 1. The van der Waals surface area contributed by atoms with Crippen molar-refractivity contribution in [2.75, 3.05) is 23.9 Å². The first-order valence-corrected chi connectivity index (χ1v) is 8.65. The van der Waals surface area contributed by atoms with Gasteiger partial charge in [-0.3, -0.25) is 0 Å². The lowest BCUT2D eigenvalue weighted by atomic mass is 10.2. The van der Waals surface area contributed by atoms with Crippen molar-refractivity contribution in [2.24, 2.45) is 0 Å². The molecule has 0 bridgehead atoms. The zero-order valence-electron chi connectivity index (χ0n) is 12.7. The summed E-state index contributed by atoms with van der Waals surface area (Å²) in [7, 11) is -3.24. The second-order valence-corrected chi connectivity index (χ2v) is 6.76. The van der Waals surface area contributed by atoms with E-state index in [0.29, 0.717) is 18.1 Å². The molecule has 8 heteroatoms. The van der Waals surface area contributed by atoms with Crippen LogP contribution < -0.4 is 15.8 Å². The molecule has 0 spiro atoms. The van der Waals surface area contributed by atoms with Crippen LogP contribution in [0.5, 0.6) is 5.88 Å². The standard InChI is InChI=1S/C15H16N4O3S/c1-3-22-15-12(9-16)13(17)8-14(19-15)18-10-4-6-11(7-5-10)23(2,20)21/h4-8H,3H2,1-2H3,(H3,17,18,19). The predicted molar refractivity (Wildman–Crippen MR) is 87.4 cm³/mol. The Labute approximate surface area is 134 Å². The van der Waals surface area contributed by atoms with E-state index in [9.17, 15) is 8.42 Å². The third kappa shape index (κ3) is 3.90. The van der Waals surface area contributed by atoms with E-state index in [1.807, 2.05) is 6.07 Å². The average Bonchev–Trinajstić information content (AvgIpc) is 2.47. The first-order chi connectivity index (χ1) is 10.8. The van der Waals surface area contributed by atoms with Crippen LogP contribution in [0.2, 0.25) is 0 Å². The van der Waals surface area contributed by atoms with Gasteiger partial charge in [0.1, 0.15) is 17.5 Å². The number of pyridine rings is 1. The fraction of sp³-hybridized carbons (Fsp3) is 0.200. The van der Waals surface area contributed by atoms with Crippen LogP contribution in [0.15, 0.2) is 35.2 Å². The first-order valence-electron chi connectivity index (χ1n) is 6.75. The van der Waals surface area contributed by atoms with Crippen LogP contribution in [0, 0.1) is 11.3 Å². The molecule has 1 aromatic carbocycles. The lowest BCUT2D eigenvalue weighted by Crippen LogP contribution is -2.04. The highest BCUT2D eigenvalue weighted by atomic mass is 32.2. The normalized spacial score (nSPS) is 10.8. The van der Waals surface area contributed by atoms with Crippen LogP contribution in [-0.2, 0) is 9.84 Å². The maximum absolute atomic E-state index is 11.4. The Kier molecular flexibility index (Phi) is 4.71. The zero-order chi connectivity index (χ0) is 17.0. The number of nitrogens with one attached hydrogen (secondary N) is 1. The molecule has 0 saturated carbocycles. The number of hydrogen-bond acceptors (Lipinski definition) is 7. The molecule has 0 amide bonds. The number of nitrogen functional groups attached to an aromatic ring is 1. The van der Waals surface area contributed by atoms with Gasteiger partial charge in [0, 0.05) is 18.0 Å². The van der Waals surface area contributed by atoms with Crippen molar-refractivity contribution in [3.63, 3.8) is 0 Å². The predicted octanol–water partition coefficient (Wildman–Crippen LogP) is 2.08. The summed E-state index contributed by atoms with van der Waals surface area (Å²) in [5.41, 5.74) is 6.91. The molecule has 0 fully saturated rings. The van der Waals surface area contributed by atoms with Gasteiger partial charge < -0.3 is 15.8 Å². The van der Waals surface area contributed by atoms with E-state index >= 15 is 0 Å². The van der Waals surface area contributed by atoms with Crippen molar-refractivity contribution in [2.45, 2.75) is 11.8 Å². The zero-order valence-corrected chi connectivity index (χ0v) is 13.5. The molecule has 2 rings (SSSR count). The van der Waals surface area contributed by atoms with Crippen molar-refractivity contribution in [3.8, 4) is 11.9 Å². The van der Waals surface area contributed by atoms with Crippen LogP contribution in [0.1, 0.15) is 12.5 Å². The van der Waals surface area contributed by atoms with Crippen LogP contribution in [-0.4, -0.2) is 26.3 Å². The smallest absolute Gasteiger partial charge is 0.235 e. The summed E-state index contributed by atoms with van der Waals surface area (Å²) in [6.45, 7) is 2.14. The largest absolute Gasteiger partial charge is 0.477 e. The molecule has 0 aliphatic rings. The van der Waals surface area contributed by atoms with Crippen LogP contribution in [0.4, 0.5) is 17.2 Å². The van der Waals surface area contributed by atoms with Crippen molar-refractivity contribution in [1.82, 2.24) is 4.98 Å². The minimum Gasteiger partial charge on any atom is -0.477 e. The SMILES string of the molecule is CCOc1nc(Nc2ccc(S(C)(=O)=O)cc2)cc(N)c1C#N. The number of nitrogens with two attached hydrogens (primary N) is 1. The van der Waals surface area contributed by atoms with E-state index in [0.717, 1.165) is 6.26 Å². The second kappa shape index (κ2) is 6.54. The van der Waals surface area contributed by atoms with E-state index in [4.69, 9.17) is 15.7 Å². The van der Waals surface area contributed by atoms with Gasteiger partial charge in [-0.1, -0.05) is 0 Å². The van der Waals surface area contributed by atoms with Gasteiger partial charge in [-0.15, -0.1) is 0 Å². The molecule has 0 aliphatic carbocycles. The Balaban J connectivity index is 2.32. The highest BCUT2D eigenvalue weighted by Gasteiger charge is 2.12. The van der Waals surface area contributed by atoms with Crippen molar-refractivity contribution in [1.29, 1.82) is 5.26 Å². The van der Waals surface area contributed by atoms with Gasteiger partial charge in [-0.25, -0.2) is 8.42 Å². The number of hydrogen-bond donors (Lipinski definition) is 2. The third-order valence-electron chi connectivity index (χ3n) is 2.96. The number of nitrogens with zero attached hydrogens (tertiary/aromatic N) is 2. The van der Waals surface area contributed by atoms with E-state index in [1.165, 1.54) is 18.2 Å².